The van der Waals surface area contributed by atoms with Crippen LogP contribution in [0.25, 0.3) is 0 Å². The Bertz CT molecular complexity index is 221. The van der Waals surface area contributed by atoms with Gasteiger partial charge in [0.05, 0.1) is 82.6 Å². The van der Waals surface area contributed by atoms with Gasteiger partial charge in [-0.25, -0.2) is 0 Å². The summed E-state index contributed by atoms with van der Waals surface area (Å²) in [6.45, 7) is 5.19. The Labute approximate surface area is 116 Å². The van der Waals surface area contributed by atoms with E-state index in [9.17, 15) is 0 Å². The Kier molecular flexibility index (Phi) is 6.83. The Morgan fingerprint density at radius 2 is 0.778 bits per heavy atom. The van der Waals surface area contributed by atoms with Crippen molar-refractivity contribution in [3.63, 3.8) is 0 Å². The molecule has 0 aliphatic carbocycles. The lowest BCUT2D eigenvalue weighted by molar-refractivity contribution is -0.903. The highest BCUT2D eigenvalue weighted by atomic mass is 15.3. The maximum Gasteiger partial charge on any atom is 0.0836 e. The molecule has 0 unspecified atom stereocenters. The molecule has 0 amide bonds. The maximum absolute atomic E-state index is 2.38. The molecule has 3 heteroatoms. The van der Waals surface area contributed by atoms with Crippen LogP contribution in [0, 0.1) is 0 Å². The molecule has 0 bridgehead atoms. The zero-order valence-electron chi connectivity index (χ0n) is 14.3. The fourth-order valence-electron chi connectivity index (χ4n) is 2.21. The van der Waals surface area contributed by atoms with E-state index < -0.39 is 0 Å². The first-order valence-corrected chi connectivity index (χ1v) is 7.34. The third-order valence-corrected chi connectivity index (χ3v) is 3.43. The summed E-state index contributed by atoms with van der Waals surface area (Å²) >= 11 is 0. The summed E-state index contributed by atoms with van der Waals surface area (Å²) in [6, 6.07) is 0. The molecule has 0 heterocycles. The normalized spacial score (nSPS) is 14.0. The third kappa shape index (κ3) is 12.3. The summed E-state index contributed by atoms with van der Waals surface area (Å²) in [5, 5.41) is 0. The number of hydrogen-bond donors (Lipinski definition) is 0. The van der Waals surface area contributed by atoms with Crippen molar-refractivity contribution < 1.29 is 13.4 Å². The minimum absolute atomic E-state index is 1.08. The Balaban J connectivity index is 3.74. The standard InChI is InChI=1S/C15H38N3/c1-16(2,3)12-9-10-14-18(7,8)15-11-13-17(4,5)6/h9-15H2,1-8H3/q+3. The van der Waals surface area contributed by atoms with Gasteiger partial charge in [0.2, 0.25) is 0 Å². The maximum atomic E-state index is 2.38. The molecule has 0 spiro atoms. The van der Waals surface area contributed by atoms with E-state index in [4.69, 9.17) is 0 Å². The summed E-state index contributed by atoms with van der Waals surface area (Å²) in [5.41, 5.74) is 0. The molecule has 3 nitrogen and oxygen atoms in total. The van der Waals surface area contributed by atoms with Gasteiger partial charge in [-0.2, -0.15) is 0 Å². The van der Waals surface area contributed by atoms with Gasteiger partial charge in [-0.3, -0.25) is 0 Å². The second-order valence-electron chi connectivity index (χ2n) is 8.47. The molecule has 0 aromatic heterocycles. The van der Waals surface area contributed by atoms with Gasteiger partial charge in [-0.1, -0.05) is 0 Å². The third-order valence-electron chi connectivity index (χ3n) is 3.43. The lowest BCUT2D eigenvalue weighted by atomic mass is 10.2. The van der Waals surface area contributed by atoms with Crippen LogP contribution in [0.3, 0.4) is 0 Å². The Morgan fingerprint density at radius 1 is 0.444 bits per heavy atom. The lowest BCUT2D eigenvalue weighted by Gasteiger charge is -2.32. The van der Waals surface area contributed by atoms with Crippen LogP contribution in [0.5, 0.6) is 0 Å². The highest BCUT2D eigenvalue weighted by Gasteiger charge is 2.17. The molecule has 0 N–H and O–H groups in total. The predicted octanol–water partition coefficient (Wildman–Crippen LogP) is 1.65. The van der Waals surface area contributed by atoms with Crippen molar-refractivity contribution in [2.45, 2.75) is 19.3 Å². The first-order chi connectivity index (χ1) is 7.91. The predicted molar refractivity (Wildman–Crippen MR) is 81.5 cm³/mol. The monoisotopic (exact) mass is 260 g/mol. The van der Waals surface area contributed by atoms with Crippen LogP contribution in [0.15, 0.2) is 0 Å². The minimum atomic E-state index is 1.08. The van der Waals surface area contributed by atoms with Crippen LogP contribution in [0.1, 0.15) is 19.3 Å². The van der Waals surface area contributed by atoms with Gasteiger partial charge in [0.15, 0.2) is 0 Å². The summed E-state index contributed by atoms with van der Waals surface area (Å²) in [6.07, 6.45) is 4.03. The number of nitrogens with zero attached hydrogens (tertiary/aromatic N) is 3. The van der Waals surface area contributed by atoms with Crippen LogP contribution in [-0.2, 0) is 0 Å². The number of hydrogen-bond acceptors (Lipinski definition) is 0. The molecule has 0 aliphatic rings. The number of quaternary nitrogens is 3. The van der Waals surface area contributed by atoms with Crippen LogP contribution >= 0.6 is 0 Å². The topological polar surface area (TPSA) is 0 Å². The fraction of sp³-hybridized carbons (Fsp3) is 1.00. The van der Waals surface area contributed by atoms with Gasteiger partial charge in [-0.05, 0) is 0 Å². The number of unbranched alkanes of at least 4 members (excludes halogenated alkanes) is 1. The smallest absolute Gasteiger partial charge is 0.0836 e. The summed E-state index contributed by atoms with van der Waals surface area (Å²) in [4.78, 5) is 0. The second-order valence-corrected chi connectivity index (χ2v) is 8.47. The number of rotatable bonds is 9. The largest absolute Gasteiger partial charge is 0.331 e. The van der Waals surface area contributed by atoms with Crippen molar-refractivity contribution in [3.05, 3.63) is 0 Å². The van der Waals surface area contributed by atoms with E-state index in [1.54, 1.807) is 0 Å². The molecule has 0 saturated carbocycles. The van der Waals surface area contributed by atoms with Crippen LogP contribution in [0.4, 0.5) is 0 Å². The molecule has 110 valence electrons. The molecule has 0 saturated heterocycles. The van der Waals surface area contributed by atoms with Crippen LogP contribution in [0.2, 0.25) is 0 Å². The van der Waals surface area contributed by atoms with Crippen molar-refractivity contribution in [3.8, 4) is 0 Å². The molecular weight excluding hydrogens is 222 g/mol. The molecule has 0 rings (SSSR count). The van der Waals surface area contributed by atoms with E-state index in [-0.39, 0.29) is 0 Å². The molecule has 0 aromatic carbocycles. The molecule has 0 aromatic rings. The quantitative estimate of drug-likeness (QED) is 0.437. The average Bonchev–Trinajstić information content (AvgIpc) is 2.08. The van der Waals surface area contributed by atoms with Gasteiger partial charge in [0.1, 0.15) is 0 Å². The van der Waals surface area contributed by atoms with E-state index in [0.29, 0.717) is 0 Å². The van der Waals surface area contributed by atoms with Crippen LogP contribution < -0.4 is 0 Å². The van der Waals surface area contributed by atoms with Crippen molar-refractivity contribution in [1.29, 1.82) is 0 Å². The highest BCUT2D eigenvalue weighted by Crippen LogP contribution is 2.06. The molecule has 0 atom stereocenters. The van der Waals surface area contributed by atoms with Gasteiger partial charge in [-0.15, -0.1) is 0 Å². The van der Waals surface area contributed by atoms with E-state index in [0.717, 1.165) is 8.97 Å². The van der Waals surface area contributed by atoms with Crippen molar-refractivity contribution in [2.75, 3.05) is 82.6 Å². The van der Waals surface area contributed by atoms with Crippen molar-refractivity contribution in [1.82, 2.24) is 0 Å². The summed E-state index contributed by atoms with van der Waals surface area (Å²) in [5.74, 6) is 0. The van der Waals surface area contributed by atoms with Crippen LogP contribution in [-0.4, -0.2) is 96.0 Å². The van der Waals surface area contributed by atoms with Gasteiger partial charge < -0.3 is 13.4 Å². The molecule has 0 aliphatic heterocycles. The van der Waals surface area contributed by atoms with E-state index in [1.165, 1.54) is 49.9 Å². The first-order valence-electron chi connectivity index (χ1n) is 7.34. The molecule has 18 heavy (non-hydrogen) atoms. The van der Waals surface area contributed by atoms with E-state index in [2.05, 4.69) is 56.4 Å². The summed E-state index contributed by atoms with van der Waals surface area (Å²) in [7, 11) is 18.4. The first kappa shape index (κ1) is 17.9. The molecule has 0 fully saturated rings. The second kappa shape index (κ2) is 6.88. The zero-order valence-corrected chi connectivity index (χ0v) is 14.3. The lowest BCUT2D eigenvalue weighted by Crippen LogP contribution is -2.44. The zero-order chi connectivity index (χ0) is 14.4. The Hall–Kier alpha value is -0.120. The molecular formula is C15H38N3+3. The highest BCUT2D eigenvalue weighted by molar-refractivity contribution is 4.42. The Morgan fingerprint density at radius 3 is 1.22 bits per heavy atom. The minimum Gasteiger partial charge on any atom is -0.331 e. The van der Waals surface area contributed by atoms with Gasteiger partial charge in [0, 0.05) is 19.3 Å². The van der Waals surface area contributed by atoms with Gasteiger partial charge >= 0.3 is 0 Å². The summed E-state index contributed by atoms with van der Waals surface area (Å²) < 4.78 is 3.35. The molecule has 0 radical (unpaired) electrons. The van der Waals surface area contributed by atoms with E-state index in [1.807, 2.05) is 0 Å². The average molecular weight is 260 g/mol. The SMILES string of the molecule is C[N+](C)(C)CCCC[N+](C)(C)CCC[N+](C)(C)C. The van der Waals surface area contributed by atoms with Gasteiger partial charge in [0.25, 0.3) is 0 Å². The van der Waals surface area contributed by atoms with Crippen molar-refractivity contribution >= 4 is 0 Å². The van der Waals surface area contributed by atoms with E-state index >= 15 is 0 Å². The fourth-order valence-corrected chi connectivity index (χ4v) is 2.21. The van der Waals surface area contributed by atoms with Crippen molar-refractivity contribution in [2.24, 2.45) is 0 Å².